The van der Waals surface area contributed by atoms with E-state index in [9.17, 15) is 9.59 Å². The molecule has 1 unspecified atom stereocenters. The summed E-state index contributed by atoms with van der Waals surface area (Å²) in [6, 6.07) is 15.1. The number of aryl methyl sites for hydroxylation is 1. The molecule has 5 heteroatoms. The Hall–Kier alpha value is -3.02. The molecule has 0 aromatic heterocycles. The van der Waals surface area contributed by atoms with E-state index in [0.29, 0.717) is 12.2 Å². The first kappa shape index (κ1) is 20.7. The van der Waals surface area contributed by atoms with E-state index in [1.54, 1.807) is 18.2 Å². The Labute approximate surface area is 171 Å². The number of ether oxygens (including phenoxy) is 1. The first-order valence-electron chi connectivity index (χ1n) is 9.74. The zero-order valence-corrected chi connectivity index (χ0v) is 16.5. The van der Waals surface area contributed by atoms with Crippen LogP contribution in [0.3, 0.4) is 0 Å². The third-order valence-electron chi connectivity index (χ3n) is 4.52. The maximum atomic E-state index is 12.2. The number of benzene rings is 2. The Morgan fingerprint density at radius 3 is 2.41 bits per heavy atom. The number of carbonyl (C=O) groups is 2. The second kappa shape index (κ2) is 10.5. The Kier molecular flexibility index (Phi) is 7.50. The Morgan fingerprint density at radius 1 is 1.03 bits per heavy atom. The van der Waals surface area contributed by atoms with Gasteiger partial charge in [-0.05, 0) is 49.1 Å². The molecule has 1 saturated heterocycles. The summed E-state index contributed by atoms with van der Waals surface area (Å²) in [6.07, 6.45) is 8.94. The van der Waals surface area contributed by atoms with E-state index in [4.69, 9.17) is 9.57 Å². The minimum Gasteiger partial charge on any atom is -0.350 e. The van der Waals surface area contributed by atoms with Crippen molar-refractivity contribution in [1.82, 2.24) is 5.48 Å². The third kappa shape index (κ3) is 6.82. The lowest BCUT2D eigenvalue weighted by atomic mass is 10.1. The summed E-state index contributed by atoms with van der Waals surface area (Å²) < 4.78 is 5.39. The number of nitrogens with one attached hydrogen (secondary N) is 1. The summed E-state index contributed by atoms with van der Waals surface area (Å²) in [5.41, 5.74) is 5.90. The summed E-state index contributed by atoms with van der Waals surface area (Å²) in [5.74, 6) is -0.372. The molecule has 3 rings (SSSR count). The van der Waals surface area contributed by atoms with Gasteiger partial charge in [-0.1, -0.05) is 54.1 Å². The van der Waals surface area contributed by atoms with Gasteiger partial charge >= 0.3 is 0 Å². The summed E-state index contributed by atoms with van der Waals surface area (Å²) in [4.78, 5) is 29.3. The molecule has 5 nitrogen and oxygen atoms in total. The maximum Gasteiger partial charge on any atom is 0.267 e. The number of carbonyl (C=O) groups excluding carboxylic acids is 2. The predicted molar refractivity (Wildman–Crippen MR) is 113 cm³/mol. The lowest BCUT2D eigenvalue weighted by Crippen LogP contribution is -2.32. The fourth-order valence-corrected chi connectivity index (χ4v) is 2.92. The highest BCUT2D eigenvalue weighted by molar-refractivity contribution is 6.06. The summed E-state index contributed by atoms with van der Waals surface area (Å²) in [5, 5.41) is 0. The minimum atomic E-state index is -0.366. The number of rotatable bonds is 7. The second-order valence-electron chi connectivity index (χ2n) is 6.95. The average molecular weight is 391 g/mol. The van der Waals surface area contributed by atoms with Crippen LogP contribution >= 0.6 is 0 Å². The molecule has 150 valence electrons. The SMILES string of the molecule is Cc1cccc(C(=O)C=Cc2ccc(C=CC(=O)NOC3CCCCO3)cc2)c1. The molecule has 2 aromatic carbocycles. The molecule has 1 fully saturated rings. The molecule has 1 N–H and O–H groups in total. The van der Waals surface area contributed by atoms with E-state index in [1.807, 2.05) is 55.5 Å². The first-order valence-corrected chi connectivity index (χ1v) is 9.74. The quantitative estimate of drug-likeness (QED) is 0.429. The van der Waals surface area contributed by atoms with Crippen molar-refractivity contribution in [2.45, 2.75) is 32.5 Å². The highest BCUT2D eigenvalue weighted by Gasteiger charge is 2.14. The van der Waals surface area contributed by atoms with Crippen molar-refractivity contribution in [3.8, 4) is 0 Å². The van der Waals surface area contributed by atoms with Crippen LogP contribution in [-0.4, -0.2) is 24.6 Å². The van der Waals surface area contributed by atoms with Crippen molar-refractivity contribution < 1.29 is 19.2 Å². The van der Waals surface area contributed by atoms with Gasteiger partial charge in [0.1, 0.15) is 0 Å². The van der Waals surface area contributed by atoms with Crippen LogP contribution in [-0.2, 0) is 14.4 Å². The highest BCUT2D eigenvalue weighted by atomic mass is 16.8. The van der Waals surface area contributed by atoms with Gasteiger partial charge in [0.05, 0.1) is 0 Å². The van der Waals surface area contributed by atoms with Crippen LogP contribution < -0.4 is 5.48 Å². The molecule has 0 radical (unpaired) electrons. The molecule has 1 aliphatic heterocycles. The smallest absolute Gasteiger partial charge is 0.267 e. The Balaban J connectivity index is 1.49. The van der Waals surface area contributed by atoms with Crippen LogP contribution in [0.5, 0.6) is 0 Å². The van der Waals surface area contributed by atoms with Crippen molar-refractivity contribution in [3.63, 3.8) is 0 Å². The van der Waals surface area contributed by atoms with Crippen LogP contribution in [0.2, 0.25) is 0 Å². The van der Waals surface area contributed by atoms with E-state index in [1.165, 1.54) is 6.08 Å². The number of hydrogen-bond donors (Lipinski definition) is 1. The second-order valence-corrected chi connectivity index (χ2v) is 6.95. The van der Waals surface area contributed by atoms with E-state index in [2.05, 4.69) is 5.48 Å². The topological polar surface area (TPSA) is 64.6 Å². The van der Waals surface area contributed by atoms with E-state index >= 15 is 0 Å². The fraction of sp³-hybridized carbons (Fsp3) is 0.250. The van der Waals surface area contributed by atoms with Gasteiger partial charge < -0.3 is 4.74 Å². The van der Waals surface area contributed by atoms with Gasteiger partial charge in [-0.25, -0.2) is 10.3 Å². The van der Waals surface area contributed by atoms with Crippen LogP contribution in [0.25, 0.3) is 12.2 Å². The van der Waals surface area contributed by atoms with Gasteiger partial charge in [0.15, 0.2) is 12.1 Å². The fourth-order valence-electron chi connectivity index (χ4n) is 2.92. The highest BCUT2D eigenvalue weighted by Crippen LogP contribution is 2.13. The lowest BCUT2D eigenvalue weighted by Gasteiger charge is -2.21. The van der Waals surface area contributed by atoms with Gasteiger partial charge in [0, 0.05) is 24.7 Å². The van der Waals surface area contributed by atoms with Gasteiger partial charge in [-0.2, -0.15) is 0 Å². The third-order valence-corrected chi connectivity index (χ3v) is 4.52. The van der Waals surface area contributed by atoms with E-state index in [-0.39, 0.29) is 18.0 Å². The van der Waals surface area contributed by atoms with Crippen LogP contribution in [0, 0.1) is 6.92 Å². The summed E-state index contributed by atoms with van der Waals surface area (Å²) >= 11 is 0. The predicted octanol–water partition coefficient (Wildman–Crippen LogP) is 4.48. The van der Waals surface area contributed by atoms with Gasteiger partial charge in [0.25, 0.3) is 5.91 Å². The average Bonchev–Trinajstić information content (AvgIpc) is 2.76. The molecule has 0 saturated carbocycles. The molecule has 0 bridgehead atoms. The molecule has 0 aliphatic carbocycles. The van der Waals surface area contributed by atoms with Crippen molar-refractivity contribution in [2.24, 2.45) is 0 Å². The van der Waals surface area contributed by atoms with Crippen molar-refractivity contribution >= 4 is 23.8 Å². The zero-order valence-electron chi connectivity index (χ0n) is 16.5. The normalized spacial score (nSPS) is 16.9. The number of allylic oxidation sites excluding steroid dienone is 1. The van der Waals surface area contributed by atoms with Crippen LogP contribution in [0.15, 0.2) is 60.7 Å². The summed E-state index contributed by atoms with van der Waals surface area (Å²) in [6.45, 7) is 2.62. The molecule has 29 heavy (non-hydrogen) atoms. The molecule has 2 aromatic rings. The monoisotopic (exact) mass is 391 g/mol. The van der Waals surface area contributed by atoms with Crippen LogP contribution in [0.1, 0.15) is 46.3 Å². The van der Waals surface area contributed by atoms with Crippen molar-refractivity contribution in [3.05, 3.63) is 82.9 Å². The number of hydrogen-bond acceptors (Lipinski definition) is 4. The molecule has 1 aliphatic rings. The lowest BCUT2D eigenvalue weighted by molar-refractivity contribution is -0.198. The van der Waals surface area contributed by atoms with Gasteiger partial charge in [0.2, 0.25) is 0 Å². The molecule has 1 atom stereocenters. The standard InChI is InChI=1S/C24H25NO4/c1-18-5-4-6-21(17-18)22(26)14-12-19-8-10-20(11-9-19)13-15-23(27)25-29-24-7-2-3-16-28-24/h4-6,8-15,17,24H,2-3,7,16H2,1H3,(H,25,27). The van der Waals surface area contributed by atoms with E-state index in [0.717, 1.165) is 36.0 Å². The van der Waals surface area contributed by atoms with E-state index < -0.39 is 0 Å². The number of ketones is 1. The van der Waals surface area contributed by atoms with Gasteiger partial charge in [-0.3, -0.25) is 9.59 Å². The van der Waals surface area contributed by atoms with Gasteiger partial charge in [-0.15, -0.1) is 0 Å². The molecule has 1 amide bonds. The minimum absolute atomic E-state index is 0.0312. The molecular formula is C24H25NO4. The van der Waals surface area contributed by atoms with Crippen molar-refractivity contribution in [1.29, 1.82) is 0 Å². The largest absolute Gasteiger partial charge is 0.350 e. The molecule has 0 spiro atoms. The first-order chi connectivity index (χ1) is 14.1. The summed E-state index contributed by atoms with van der Waals surface area (Å²) in [7, 11) is 0. The van der Waals surface area contributed by atoms with Crippen LogP contribution in [0.4, 0.5) is 0 Å². The number of amides is 1. The molecular weight excluding hydrogens is 366 g/mol. The number of hydroxylamine groups is 1. The zero-order chi connectivity index (χ0) is 20.5. The molecule has 1 heterocycles. The Morgan fingerprint density at radius 2 is 1.76 bits per heavy atom. The Bertz CT molecular complexity index is 893. The maximum absolute atomic E-state index is 12.2. The van der Waals surface area contributed by atoms with Crippen molar-refractivity contribution in [2.75, 3.05) is 6.61 Å².